The smallest absolute Gasteiger partial charge is 0.291 e. The molecule has 2 amide bonds. The fraction of sp³-hybridized carbons (Fsp3) is 0.0435. The summed E-state index contributed by atoms with van der Waals surface area (Å²) in [6.07, 6.45) is 1.56. The van der Waals surface area contributed by atoms with E-state index in [4.69, 9.17) is 16.3 Å². The molecule has 0 saturated carbocycles. The summed E-state index contributed by atoms with van der Waals surface area (Å²) in [6, 6.07) is 17.7. The van der Waals surface area contributed by atoms with Crippen molar-refractivity contribution in [1.82, 2.24) is 5.32 Å². The predicted octanol–water partition coefficient (Wildman–Crippen LogP) is 4.78. The number of hydrogen-bond donors (Lipinski definition) is 2. The van der Waals surface area contributed by atoms with Crippen LogP contribution in [0.2, 0.25) is 5.02 Å². The number of nitrogens with one attached hydrogen (secondary N) is 2. The Morgan fingerprint density at radius 3 is 2.63 bits per heavy atom. The van der Waals surface area contributed by atoms with E-state index in [-0.39, 0.29) is 24.0 Å². The van der Waals surface area contributed by atoms with Gasteiger partial charge in [0, 0.05) is 17.1 Å². The molecular weight excluding hydrogens is 407 g/mol. The molecule has 150 valence electrons. The molecule has 0 atom stereocenters. The van der Waals surface area contributed by atoms with Gasteiger partial charge in [-0.15, -0.1) is 0 Å². The Morgan fingerprint density at radius 1 is 1.10 bits per heavy atom. The number of halogens is 2. The molecule has 7 heteroatoms. The number of fused-ring (bicyclic) bond motifs is 1. The van der Waals surface area contributed by atoms with Gasteiger partial charge in [-0.3, -0.25) is 9.59 Å². The molecule has 4 rings (SSSR count). The molecule has 0 aliphatic carbocycles. The van der Waals surface area contributed by atoms with Gasteiger partial charge >= 0.3 is 0 Å². The van der Waals surface area contributed by atoms with Gasteiger partial charge < -0.3 is 15.4 Å². The number of amides is 2. The lowest BCUT2D eigenvalue weighted by atomic mass is 10.1. The highest BCUT2D eigenvalue weighted by molar-refractivity contribution is 6.32. The Hall–Kier alpha value is -3.64. The second-order valence-corrected chi connectivity index (χ2v) is 7.01. The molecule has 0 fully saturated rings. The first-order valence-corrected chi connectivity index (χ1v) is 9.49. The largest absolute Gasteiger partial charge is 0.449 e. The van der Waals surface area contributed by atoms with E-state index in [1.54, 1.807) is 54.6 Å². The summed E-state index contributed by atoms with van der Waals surface area (Å²) in [5.74, 6) is -0.578. The van der Waals surface area contributed by atoms with E-state index >= 15 is 0 Å². The minimum atomic E-state index is -0.439. The van der Waals surface area contributed by atoms with Gasteiger partial charge in [0.15, 0.2) is 11.5 Å². The van der Waals surface area contributed by atoms with Crippen molar-refractivity contribution in [2.24, 2.45) is 0 Å². The summed E-state index contributed by atoms with van der Waals surface area (Å²) in [4.78, 5) is 24.8. The zero-order valence-electron chi connectivity index (χ0n) is 15.6. The summed E-state index contributed by atoms with van der Waals surface area (Å²) in [6.45, 7) is 0.254. The molecule has 0 spiro atoms. The lowest BCUT2D eigenvalue weighted by molar-refractivity contribution is -0.115. The SMILES string of the molecule is O=C1Nc2cc(C(=O)NCc3ccc(F)cc3)ccc2O/C1=C\c1ccccc1Cl. The molecule has 0 aromatic heterocycles. The number of anilines is 1. The molecule has 2 N–H and O–H groups in total. The average Bonchev–Trinajstić information content (AvgIpc) is 2.75. The lowest BCUT2D eigenvalue weighted by Gasteiger charge is -2.20. The van der Waals surface area contributed by atoms with E-state index in [0.29, 0.717) is 27.6 Å². The van der Waals surface area contributed by atoms with Gasteiger partial charge in [-0.25, -0.2) is 4.39 Å². The van der Waals surface area contributed by atoms with E-state index in [2.05, 4.69) is 10.6 Å². The number of carbonyl (C=O) groups excluding carboxylic acids is 2. The molecule has 0 radical (unpaired) electrons. The number of ether oxygens (including phenoxy) is 1. The molecule has 0 unspecified atom stereocenters. The Labute approximate surface area is 177 Å². The maximum Gasteiger partial charge on any atom is 0.291 e. The first-order chi connectivity index (χ1) is 14.5. The third kappa shape index (κ3) is 4.34. The van der Waals surface area contributed by atoms with Crippen molar-refractivity contribution in [2.45, 2.75) is 6.54 Å². The summed E-state index contributed by atoms with van der Waals surface area (Å²) in [7, 11) is 0. The highest BCUT2D eigenvalue weighted by Gasteiger charge is 2.23. The van der Waals surface area contributed by atoms with Crippen LogP contribution in [0, 0.1) is 5.82 Å². The van der Waals surface area contributed by atoms with Crippen LogP contribution in [0.25, 0.3) is 6.08 Å². The van der Waals surface area contributed by atoms with Crippen molar-refractivity contribution in [1.29, 1.82) is 0 Å². The van der Waals surface area contributed by atoms with E-state index in [1.807, 2.05) is 6.07 Å². The van der Waals surface area contributed by atoms with Crippen LogP contribution < -0.4 is 15.4 Å². The fourth-order valence-electron chi connectivity index (χ4n) is 2.92. The number of rotatable bonds is 4. The van der Waals surface area contributed by atoms with Gasteiger partial charge in [-0.05, 0) is 53.6 Å². The average molecular weight is 423 g/mol. The Balaban J connectivity index is 1.49. The molecular formula is C23H16ClFN2O3. The van der Waals surface area contributed by atoms with Crippen molar-refractivity contribution in [3.05, 3.63) is 100 Å². The Morgan fingerprint density at radius 2 is 1.87 bits per heavy atom. The zero-order chi connectivity index (χ0) is 21.1. The predicted molar refractivity (Wildman–Crippen MR) is 113 cm³/mol. The minimum Gasteiger partial charge on any atom is -0.449 e. The molecule has 1 heterocycles. The summed E-state index contributed by atoms with van der Waals surface area (Å²) in [5.41, 5.74) is 2.18. The quantitative estimate of drug-likeness (QED) is 0.594. The minimum absolute atomic E-state index is 0.101. The molecule has 0 bridgehead atoms. The topological polar surface area (TPSA) is 67.4 Å². The molecule has 0 saturated heterocycles. The molecule has 3 aromatic carbocycles. The number of benzene rings is 3. The second-order valence-electron chi connectivity index (χ2n) is 6.61. The third-order valence-electron chi connectivity index (χ3n) is 4.49. The van der Waals surface area contributed by atoms with Crippen molar-refractivity contribution in [2.75, 3.05) is 5.32 Å². The molecule has 1 aliphatic heterocycles. The first kappa shape index (κ1) is 19.7. The van der Waals surface area contributed by atoms with Crippen LogP contribution in [0.3, 0.4) is 0 Å². The van der Waals surface area contributed by atoms with Crippen LogP contribution in [0.1, 0.15) is 21.5 Å². The summed E-state index contributed by atoms with van der Waals surface area (Å²) in [5, 5.41) is 5.99. The lowest BCUT2D eigenvalue weighted by Crippen LogP contribution is -2.25. The van der Waals surface area contributed by atoms with Crippen LogP contribution >= 0.6 is 11.6 Å². The summed E-state index contributed by atoms with van der Waals surface area (Å²) < 4.78 is 18.7. The molecule has 3 aromatic rings. The van der Waals surface area contributed by atoms with E-state index in [0.717, 1.165) is 5.56 Å². The monoisotopic (exact) mass is 422 g/mol. The van der Waals surface area contributed by atoms with E-state index in [1.165, 1.54) is 12.1 Å². The van der Waals surface area contributed by atoms with E-state index < -0.39 is 5.91 Å². The maximum atomic E-state index is 13.0. The van der Waals surface area contributed by atoms with Gasteiger partial charge in [0.1, 0.15) is 5.82 Å². The van der Waals surface area contributed by atoms with Crippen LogP contribution in [0.4, 0.5) is 10.1 Å². The van der Waals surface area contributed by atoms with Gasteiger partial charge in [-0.2, -0.15) is 0 Å². The van der Waals surface area contributed by atoms with Crippen LogP contribution in [0.5, 0.6) is 5.75 Å². The summed E-state index contributed by atoms with van der Waals surface area (Å²) >= 11 is 6.13. The maximum absolute atomic E-state index is 13.0. The van der Waals surface area contributed by atoms with Crippen LogP contribution in [-0.4, -0.2) is 11.8 Å². The molecule has 30 heavy (non-hydrogen) atoms. The van der Waals surface area contributed by atoms with Crippen molar-refractivity contribution in [3.63, 3.8) is 0 Å². The third-order valence-corrected chi connectivity index (χ3v) is 4.84. The number of carbonyl (C=O) groups is 2. The van der Waals surface area contributed by atoms with E-state index in [9.17, 15) is 14.0 Å². The van der Waals surface area contributed by atoms with Gasteiger partial charge in [0.05, 0.1) is 5.69 Å². The number of hydrogen-bond acceptors (Lipinski definition) is 3. The Kier molecular flexibility index (Phi) is 5.50. The standard InChI is InChI=1S/C23H16ClFN2O3/c24-18-4-2-1-3-15(18)12-21-23(29)27-19-11-16(7-10-20(19)30-21)22(28)26-13-14-5-8-17(25)9-6-14/h1-12H,13H2,(H,26,28)(H,27,29)/b21-12-. The zero-order valence-corrected chi connectivity index (χ0v) is 16.4. The normalized spacial score (nSPS) is 13.9. The fourth-order valence-corrected chi connectivity index (χ4v) is 3.11. The van der Waals surface area contributed by atoms with Gasteiger partial charge in [0.2, 0.25) is 0 Å². The second kappa shape index (κ2) is 8.39. The van der Waals surface area contributed by atoms with Gasteiger partial charge in [0.25, 0.3) is 11.8 Å². The van der Waals surface area contributed by atoms with Gasteiger partial charge in [-0.1, -0.05) is 41.9 Å². The van der Waals surface area contributed by atoms with Crippen molar-refractivity contribution in [3.8, 4) is 5.75 Å². The highest BCUT2D eigenvalue weighted by atomic mass is 35.5. The van der Waals surface area contributed by atoms with Crippen LogP contribution in [-0.2, 0) is 11.3 Å². The highest BCUT2D eigenvalue weighted by Crippen LogP contribution is 2.33. The molecule has 5 nitrogen and oxygen atoms in total. The van der Waals surface area contributed by atoms with Crippen LogP contribution in [0.15, 0.2) is 72.5 Å². The van der Waals surface area contributed by atoms with Crippen molar-refractivity contribution >= 4 is 35.2 Å². The molecule has 1 aliphatic rings. The Bertz CT molecular complexity index is 1160. The van der Waals surface area contributed by atoms with Crippen molar-refractivity contribution < 1.29 is 18.7 Å². The first-order valence-electron chi connectivity index (χ1n) is 9.12.